The monoisotopic (exact) mass is 422 g/mol. The number of imidazole rings is 1. The smallest absolute Gasteiger partial charge is 0.241 e. The van der Waals surface area contributed by atoms with E-state index < -0.39 is 5.54 Å². The van der Waals surface area contributed by atoms with Crippen molar-refractivity contribution < 1.29 is 9.18 Å². The van der Waals surface area contributed by atoms with Crippen molar-refractivity contribution in [1.82, 2.24) is 14.5 Å². The molecule has 0 spiro atoms. The molecule has 2 aromatic carbocycles. The molecule has 7 heteroatoms. The fourth-order valence-corrected chi connectivity index (χ4v) is 4.52. The maximum Gasteiger partial charge on any atom is 0.241 e. The molecule has 2 N–H and O–H groups in total. The maximum atomic E-state index is 13.5. The van der Waals surface area contributed by atoms with E-state index in [1.165, 1.54) is 17.7 Å². The van der Waals surface area contributed by atoms with E-state index >= 15 is 0 Å². The quantitative estimate of drug-likeness (QED) is 0.667. The number of aromatic nitrogens is 2. The molecule has 0 saturated carbocycles. The molecule has 0 unspecified atom stereocenters. The van der Waals surface area contributed by atoms with Crippen LogP contribution in [-0.2, 0) is 10.3 Å². The van der Waals surface area contributed by atoms with E-state index in [4.69, 9.17) is 10.7 Å². The molecule has 30 heavy (non-hydrogen) atoms. The van der Waals surface area contributed by atoms with Crippen LogP contribution in [0.3, 0.4) is 0 Å². The van der Waals surface area contributed by atoms with E-state index in [0.717, 1.165) is 27.0 Å². The van der Waals surface area contributed by atoms with Crippen LogP contribution >= 0.6 is 11.8 Å². The summed E-state index contributed by atoms with van der Waals surface area (Å²) in [4.78, 5) is 20.0. The van der Waals surface area contributed by atoms with Crippen LogP contribution in [0.4, 0.5) is 4.39 Å². The topological polar surface area (TPSA) is 64.2 Å². The molecule has 0 saturated heterocycles. The lowest BCUT2D eigenvalue weighted by atomic mass is 10.0. The van der Waals surface area contributed by atoms with Crippen LogP contribution in [0.5, 0.6) is 0 Å². The summed E-state index contributed by atoms with van der Waals surface area (Å²) in [6, 6.07) is 14.6. The van der Waals surface area contributed by atoms with Crippen molar-refractivity contribution in [2.45, 2.75) is 36.2 Å². The highest BCUT2D eigenvalue weighted by atomic mass is 32.2. The van der Waals surface area contributed by atoms with Crippen LogP contribution in [-0.4, -0.2) is 26.9 Å². The lowest BCUT2D eigenvalue weighted by Crippen LogP contribution is -2.47. The van der Waals surface area contributed by atoms with Gasteiger partial charge in [-0.1, -0.05) is 29.5 Å². The van der Waals surface area contributed by atoms with Crippen molar-refractivity contribution in [2.75, 3.05) is 6.54 Å². The Morgan fingerprint density at radius 3 is 2.40 bits per heavy atom. The molecular formula is C23H23FN4OS. The van der Waals surface area contributed by atoms with Gasteiger partial charge >= 0.3 is 0 Å². The standard InChI is InChI=1S/C23H23FN4OS/c1-15-4-10-18(11-5-15)30-21-20(16-6-8-17(24)9-7-16)26-22-23(2,3)28(19(29)14-25)13-12-27(21)22/h4-13H,14,25H2,1-3H3. The van der Waals surface area contributed by atoms with E-state index in [9.17, 15) is 9.18 Å². The Balaban J connectivity index is 1.87. The predicted molar refractivity (Wildman–Crippen MR) is 117 cm³/mol. The van der Waals surface area contributed by atoms with E-state index in [1.54, 1.807) is 35.0 Å². The molecule has 1 aromatic heterocycles. The summed E-state index contributed by atoms with van der Waals surface area (Å²) >= 11 is 1.59. The van der Waals surface area contributed by atoms with Gasteiger partial charge in [0.1, 0.15) is 27.9 Å². The minimum Gasteiger partial charge on any atom is -0.322 e. The molecule has 1 amide bonds. The van der Waals surface area contributed by atoms with Gasteiger partial charge in [-0.3, -0.25) is 9.36 Å². The number of hydrogen-bond acceptors (Lipinski definition) is 4. The van der Waals surface area contributed by atoms with Gasteiger partial charge in [0.15, 0.2) is 0 Å². The number of carbonyl (C=O) groups is 1. The van der Waals surface area contributed by atoms with Gasteiger partial charge in [0, 0.05) is 22.9 Å². The van der Waals surface area contributed by atoms with Gasteiger partial charge in [0.25, 0.3) is 0 Å². The van der Waals surface area contributed by atoms with Crippen LogP contribution in [0.2, 0.25) is 0 Å². The third kappa shape index (κ3) is 3.55. The fourth-order valence-electron chi connectivity index (χ4n) is 3.52. The zero-order valence-corrected chi connectivity index (χ0v) is 17.9. The molecule has 2 heterocycles. The summed E-state index contributed by atoms with van der Waals surface area (Å²) in [5.41, 5.74) is 7.66. The number of aryl methyl sites for hydroxylation is 1. The van der Waals surface area contributed by atoms with Gasteiger partial charge in [0.05, 0.1) is 6.54 Å². The van der Waals surface area contributed by atoms with Gasteiger partial charge < -0.3 is 10.6 Å². The molecule has 0 fully saturated rings. The zero-order chi connectivity index (χ0) is 21.5. The first kappa shape index (κ1) is 20.4. The first-order chi connectivity index (χ1) is 14.3. The van der Waals surface area contributed by atoms with Crippen molar-refractivity contribution in [3.8, 4) is 11.3 Å². The number of amides is 1. The second-order valence-corrected chi connectivity index (χ2v) is 8.77. The zero-order valence-electron chi connectivity index (χ0n) is 17.1. The Morgan fingerprint density at radius 2 is 1.77 bits per heavy atom. The number of halogens is 1. The Bertz CT molecular complexity index is 1120. The largest absolute Gasteiger partial charge is 0.322 e. The fraction of sp³-hybridized carbons (Fsp3) is 0.217. The first-order valence-electron chi connectivity index (χ1n) is 9.65. The third-order valence-corrected chi connectivity index (χ3v) is 6.27. The Morgan fingerprint density at radius 1 is 1.10 bits per heavy atom. The molecule has 1 aliphatic heterocycles. The number of rotatable bonds is 4. The molecule has 0 aliphatic carbocycles. The van der Waals surface area contributed by atoms with Crippen molar-refractivity contribution in [1.29, 1.82) is 0 Å². The van der Waals surface area contributed by atoms with Crippen molar-refractivity contribution in [2.24, 2.45) is 5.73 Å². The van der Waals surface area contributed by atoms with Crippen LogP contribution < -0.4 is 5.73 Å². The molecule has 5 nitrogen and oxygen atoms in total. The molecule has 0 atom stereocenters. The number of nitrogens with zero attached hydrogens (tertiary/aromatic N) is 3. The van der Waals surface area contributed by atoms with Crippen molar-refractivity contribution >= 4 is 23.9 Å². The summed E-state index contributed by atoms with van der Waals surface area (Å²) in [7, 11) is 0. The first-order valence-corrected chi connectivity index (χ1v) is 10.5. The highest BCUT2D eigenvalue weighted by molar-refractivity contribution is 7.99. The molecule has 0 radical (unpaired) electrons. The minimum absolute atomic E-state index is 0.0791. The molecule has 3 aromatic rings. The van der Waals surface area contributed by atoms with E-state index in [0.29, 0.717) is 0 Å². The molecule has 1 aliphatic rings. The van der Waals surface area contributed by atoms with Crippen molar-refractivity contribution in [3.63, 3.8) is 0 Å². The lowest BCUT2D eigenvalue weighted by Gasteiger charge is -2.38. The van der Waals surface area contributed by atoms with E-state index in [1.807, 2.05) is 31.5 Å². The summed E-state index contributed by atoms with van der Waals surface area (Å²) in [5.74, 6) is 0.248. The second-order valence-electron chi connectivity index (χ2n) is 7.71. The van der Waals surface area contributed by atoms with Crippen LogP contribution in [0.1, 0.15) is 25.2 Å². The summed E-state index contributed by atoms with van der Waals surface area (Å²) in [5, 5.41) is 0.907. The average molecular weight is 423 g/mol. The number of carbonyl (C=O) groups excluding carboxylic acids is 1. The Hall–Kier alpha value is -2.90. The van der Waals surface area contributed by atoms with Crippen LogP contribution in [0, 0.1) is 12.7 Å². The van der Waals surface area contributed by atoms with Crippen LogP contribution in [0.15, 0.2) is 64.7 Å². The predicted octanol–water partition coefficient (Wildman–Crippen LogP) is 4.61. The van der Waals surface area contributed by atoms with Gasteiger partial charge in [0.2, 0.25) is 5.91 Å². The molecular weight excluding hydrogens is 399 g/mol. The van der Waals surface area contributed by atoms with Crippen molar-refractivity contribution in [3.05, 3.63) is 71.9 Å². The summed E-state index contributed by atoms with van der Waals surface area (Å²) in [6.07, 6.45) is 3.59. The summed E-state index contributed by atoms with van der Waals surface area (Å²) < 4.78 is 15.5. The van der Waals surface area contributed by atoms with Gasteiger partial charge in [-0.2, -0.15) is 0 Å². The number of nitrogens with two attached hydrogens (primary N) is 1. The maximum absolute atomic E-state index is 13.5. The van der Waals surface area contributed by atoms with Crippen LogP contribution in [0.25, 0.3) is 17.5 Å². The normalized spacial score (nSPS) is 14.6. The number of fused-ring (bicyclic) bond motifs is 1. The summed E-state index contributed by atoms with van der Waals surface area (Å²) in [6.45, 7) is 5.85. The molecule has 154 valence electrons. The molecule has 4 rings (SSSR count). The highest BCUT2D eigenvalue weighted by Crippen LogP contribution is 2.42. The van der Waals surface area contributed by atoms with Gasteiger partial charge in [-0.05, 0) is 57.2 Å². The number of hydrogen-bond donors (Lipinski definition) is 1. The van der Waals surface area contributed by atoms with Gasteiger partial charge in [-0.25, -0.2) is 9.37 Å². The number of benzene rings is 2. The minimum atomic E-state index is -0.688. The van der Waals surface area contributed by atoms with Gasteiger partial charge in [-0.15, -0.1) is 0 Å². The highest BCUT2D eigenvalue weighted by Gasteiger charge is 2.39. The van der Waals surface area contributed by atoms with E-state index in [2.05, 4.69) is 24.3 Å². The Labute approximate surface area is 179 Å². The third-order valence-electron chi connectivity index (χ3n) is 5.18. The molecule has 0 bridgehead atoms. The second kappa shape index (κ2) is 7.74. The van der Waals surface area contributed by atoms with E-state index in [-0.39, 0.29) is 18.3 Å². The lowest BCUT2D eigenvalue weighted by molar-refractivity contribution is -0.132. The Kier molecular flexibility index (Phi) is 5.26. The average Bonchev–Trinajstić information content (AvgIpc) is 3.09. The SMILES string of the molecule is Cc1ccc(Sc2c(-c3ccc(F)cc3)nc3n2C=CN(C(=O)CN)C3(C)C)cc1.